The van der Waals surface area contributed by atoms with Gasteiger partial charge in [-0.1, -0.05) is 0 Å². The number of nitrogens with zero attached hydrogens (tertiary/aromatic N) is 1. The molecular weight excluding hydrogens is 210 g/mol. The first kappa shape index (κ1) is 12.6. The molecule has 0 aromatic rings. The molecule has 1 aliphatic rings. The minimum Gasteiger partial charge on any atom is -0.328 e. The summed E-state index contributed by atoms with van der Waals surface area (Å²) < 4.78 is 0. The zero-order chi connectivity index (χ0) is 12.3. The maximum atomic E-state index is 11.7. The Balaban J connectivity index is 2.59. The highest BCUT2D eigenvalue weighted by Gasteiger charge is 2.32. The minimum atomic E-state index is -0.585. The molecule has 0 bridgehead atoms. The maximum Gasteiger partial charge on any atom is 0.249 e. The highest BCUT2D eigenvalue weighted by molar-refractivity contribution is 6.04. The lowest BCUT2D eigenvalue weighted by atomic mass is 10.1. The Kier molecular flexibility index (Phi) is 4.00. The second-order valence-corrected chi connectivity index (χ2v) is 4.13. The highest BCUT2D eigenvalue weighted by atomic mass is 16.2. The van der Waals surface area contributed by atoms with E-state index in [1.54, 1.807) is 6.92 Å². The number of piperazine rings is 1. The normalized spacial score (nSPS) is 22.9. The zero-order valence-corrected chi connectivity index (χ0v) is 9.53. The smallest absolute Gasteiger partial charge is 0.249 e. The highest BCUT2D eigenvalue weighted by Crippen LogP contribution is 2.08. The summed E-state index contributed by atoms with van der Waals surface area (Å²) in [7, 11) is 0. The van der Waals surface area contributed by atoms with Gasteiger partial charge in [-0.25, -0.2) is 0 Å². The van der Waals surface area contributed by atoms with E-state index in [1.807, 2.05) is 6.92 Å². The van der Waals surface area contributed by atoms with Gasteiger partial charge >= 0.3 is 0 Å². The van der Waals surface area contributed by atoms with E-state index in [2.05, 4.69) is 5.32 Å². The fraction of sp³-hybridized carbons (Fsp3) is 0.700. The molecule has 0 radical (unpaired) electrons. The standard InChI is InChI=1S/C10H17N3O3/c1-6(11)3-4-9(15)13-5-8(14)12-10(16)7(13)2/h6-7H,3-5,11H2,1-2H3,(H,12,14,16). The van der Waals surface area contributed by atoms with Crippen molar-refractivity contribution in [1.82, 2.24) is 10.2 Å². The maximum absolute atomic E-state index is 11.7. The lowest BCUT2D eigenvalue weighted by Crippen LogP contribution is -2.58. The summed E-state index contributed by atoms with van der Waals surface area (Å²) in [6, 6.07) is -0.646. The SMILES string of the molecule is CC(N)CCC(=O)N1CC(=O)NC(=O)C1C. The van der Waals surface area contributed by atoms with Gasteiger partial charge in [0.25, 0.3) is 0 Å². The molecule has 1 aliphatic heterocycles. The fourth-order valence-corrected chi connectivity index (χ4v) is 1.51. The molecule has 90 valence electrons. The van der Waals surface area contributed by atoms with Crippen molar-refractivity contribution in [3.8, 4) is 0 Å². The number of carbonyl (C=O) groups is 3. The summed E-state index contributed by atoms with van der Waals surface area (Å²) in [4.78, 5) is 35.5. The van der Waals surface area contributed by atoms with Gasteiger partial charge in [-0.05, 0) is 20.3 Å². The molecule has 2 atom stereocenters. The van der Waals surface area contributed by atoms with Gasteiger partial charge in [-0.3, -0.25) is 19.7 Å². The van der Waals surface area contributed by atoms with Crippen LogP contribution in [0.2, 0.25) is 0 Å². The molecule has 0 aromatic heterocycles. The summed E-state index contributed by atoms with van der Waals surface area (Å²) in [5.41, 5.74) is 5.54. The Morgan fingerprint density at radius 1 is 1.62 bits per heavy atom. The van der Waals surface area contributed by atoms with Gasteiger partial charge < -0.3 is 10.6 Å². The molecule has 1 rings (SSSR count). The van der Waals surface area contributed by atoms with Crippen LogP contribution in [0.4, 0.5) is 0 Å². The number of hydrogen-bond donors (Lipinski definition) is 2. The van der Waals surface area contributed by atoms with Gasteiger partial charge in [0.1, 0.15) is 12.6 Å². The Hall–Kier alpha value is -1.43. The summed E-state index contributed by atoms with van der Waals surface area (Å²) in [5.74, 6) is -1.06. The molecule has 3 N–H and O–H groups in total. The van der Waals surface area contributed by atoms with Gasteiger partial charge in [0.05, 0.1) is 0 Å². The molecule has 0 aliphatic carbocycles. The molecule has 0 saturated carbocycles. The van der Waals surface area contributed by atoms with Crippen molar-refractivity contribution >= 4 is 17.7 Å². The van der Waals surface area contributed by atoms with Crippen molar-refractivity contribution in [3.63, 3.8) is 0 Å². The van der Waals surface area contributed by atoms with Crippen LogP contribution >= 0.6 is 0 Å². The molecule has 0 aromatic carbocycles. The van der Waals surface area contributed by atoms with Crippen molar-refractivity contribution in [2.24, 2.45) is 5.73 Å². The number of nitrogens with one attached hydrogen (secondary N) is 1. The first-order valence-electron chi connectivity index (χ1n) is 5.30. The molecular formula is C10H17N3O3. The third-order valence-corrected chi connectivity index (χ3v) is 2.56. The molecule has 6 nitrogen and oxygen atoms in total. The van der Waals surface area contributed by atoms with Gasteiger partial charge in [0.15, 0.2) is 0 Å². The van der Waals surface area contributed by atoms with Crippen LogP contribution in [0.3, 0.4) is 0 Å². The predicted molar refractivity (Wildman–Crippen MR) is 57.2 cm³/mol. The molecule has 2 unspecified atom stereocenters. The minimum absolute atomic E-state index is 0.0509. The van der Waals surface area contributed by atoms with E-state index in [0.29, 0.717) is 6.42 Å². The number of carbonyl (C=O) groups excluding carboxylic acids is 3. The van der Waals surface area contributed by atoms with Crippen LogP contribution in [0.1, 0.15) is 26.7 Å². The Morgan fingerprint density at radius 2 is 2.25 bits per heavy atom. The fourth-order valence-electron chi connectivity index (χ4n) is 1.51. The van der Waals surface area contributed by atoms with Gasteiger partial charge in [-0.15, -0.1) is 0 Å². The van der Waals surface area contributed by atoms with Gasteiger partial charge in [0.2, 0.25) is 17.7 Å². The van der Waals surface area contributed by atoms with Crippen molar-refractivity contribution < 1.29 is 14.4 Å². The summed E-state index contributed by atoms with van der Waals surface area (Å²) in [6.07, 6.45) is 0.820. The van der Waals surface area contributed by atoms with Crippen molar-refractivity contribution in [1.29, 1.82) is 0 Å². The first-order chi connectivity index (χ1) is 7.41. The molecule has 1 fully saturated rings. The van der Waals surface area contributed by atoms with E-state index in [1.165, 1.54) is 4.90 Å². The average molecular weight is 227 g/mol. The molecule has 1 saturated heterocycles. The average Bonchev–Trinajstić information content (AvgIpc) is 2.19. The number of imide groups is 1. The third kappa shape index (κ3) is 3.03. The van der Waals surface area contributed by atoms with Crippen LogP contribution in [-0.2, 0) is 14.4 Å². The van der Waals surface area contributed by atoms with Crippen LogP contribution in [0.15, 0.2) is 0 Å². The van der Waals surface area contributed by atoms with Crippen LogP contribution in [0.5, 0.6) is 0 Å². The van der Waals surface area contributed by atoms with Crippen LogP contribution in [-0.4, -0.2) is 41.2 Å². The molecule has 16 heavy (non-hydrogen) atoms. The Bertz CT molecular complexity index is 314. The second kappa shape index (κ2) is 5.07. The second-order valence-electron chi connectivity index (χ2n) is 4.13. The lowest BCUT2D eigenvalue weighted by Gasteiger charge is -2.31. The van der Waals surface area contributed by atoms with Gasteiger partial charge in [0, 0.05) is 12.5 Å². The van der Waals surface area contributed by atoms with Crippen LogP contribution in [0, 0.1) is 0 Å². The van der Waals surface area contributed by atoms with Crippen molar-refractivity contribution in [2.75, 3.05) is 6.54 Å². The van der Waals surface area contributed by atoms with Crippen molar-refractivity contribution in [2.45, 2.75) is 38.8 Å². The number of nitrogens with two attached hydrogens (primary N) is 1. The Morgan fingerprint density at radius 3 is 2.81 bits per heavy atom. The van der Waals surface area contributed by atoms with E-state index in [4.69, 9.17) is 5.73 Å². The van der Waals surface area contributed by atoms with E-state index < -0.39 is 17.9 Å². The van der Waals surface area contributed by atoms with Gasteiger partial charge in [-0.2, -0.15) is 0 Å². The number of rotatable bonds is 3. The van der Waals surface area contributed by atoms with E-state index in [0.717, 1.165) is 0 Å². The lowest BCUT2D eigenvalue weighted by molar-refractivity contribution is -0.149. The molecule has 0 spiro atoms. The Labute approximate surface area is 94.2 Å². The third-order valence-electron chi connectivity index (χ3n) is 2.56. The largest absolute Gasteiger partial charge is 0.328 e. The first-order valence-corrected chi connectivity index (χ1v) is 5.30. The van der Waals surface area contributed by atoms with E-state index in [9.17, 15) is 14.4 Å². The molecule has 3 amide bonds. The summed E-state index contributed by atoms with van der Waals surface area (Å²) >= 11 is 0. The summed E-state index contributed by atoms with van der Waals surface area (Å²) in [6.45, 7) is 3.36. The number of hydrogen-bond acceptors (Lipinski definition) is 4. The quantitative estimate of drug-likeness (QED) is 0.604. The van der Waals surface area contributed by atoms with E-state index in [-0.39, 0.29) is 24.9 Å². The zero-order valence-electron chi connectivity index (χ0n) is 9.53. The van der Waals surface area contributed by atoms with Crippen LogP contribution in [0.25, 0.3) is 0 Å². The van der Waals surface area contributed by atoms with Crippen molar-refractivity contribution in [3.05, 3.63) is 0 Å². The molecule has 1 heterocycles. The predicted octanol–water partition coefficient (Wildman–Crippen LogP) is -1.01. The van der Waals surface area contributed by atoms with Crippen LogP contribution < -0.4 is 11.1 Å². The van der Waals surface area contributed by atoms with E-state index >= 15 is 0 Å². The monoisotopic (exact) mass is 227 g/mol. The summed E-state index contributed by atoms with van der Waals surface area (Å²) in [5, 5.41) is 2.18. The molecule has 6 heteroatoms. The topological polar surface area (TPSA) is 92.5 Å². The number of amides is 3.